The van der Waals surface area contributed by atoms with Gasteiger partial charge in [-0.15, -0.1) is 0 Å². The van der Waals surface area contributed by atoms with Crippen molar-refractivity contribution in [3.63, 3.8) is 0 Å². The van der Waals surface area contributed by atoms with Crippen LogP contribution in [0.1, 0.15) is 24.0 Å². The number of fused-ring (bicyclic) bond motifs is 3. The van der Waals surface area contributed by atoms with Crippen molar-refractivity contribution in [3.05, 3.63) is 72.1 Å². The topological polar surface area (TPSA) is 96.4 Å². The van der Waals surface area contributed by atoms with Gasteiger partial charge in [0.2, 0.25) is 5.91 Å². The molecule has 1 aliphatic heterocycles. The molecule has 0 radical (unpaired) electrons. The van der Waals surface area contributed by atoms with Crippen LogP contribution in [-0.2, 0) is 19.1 Å². The molecule has 1 heterocycles. The number of amides is 2. The maximum atomic E-state index is 12.8. The zero-order chi connectivity index (χ0) is 22.8. The second-order valence-electron chi connectivity index (χ2n) is 7.65. The van der Waals surface area contributed by atoms with Crippen LogP contribution in [0.3, 0.4) is 0 Å². The van der Waals surface area contributed by atoms with Gasteiger partial charge >= 0.3 is 12.1 Å². The van der Waals surface area contributed by atoms with Gasteiger partial charge in [0.15, 0.2) is 6.04 Å². The average molecular weight is 436 g/mol. The first-order chi connectivity index (χ1) is 15.5. The molecule has 1 N–H and O–H groups in total. The Morgan fingerprint density at radius 3 is 2.19 bits per heavy atom. The lowest BCUT2D eigenvalue weighted by atomic mass is 9.98. The fourth-order valence-corrected chi connectivity index (χ4v) is 4.24. The summed E-state index contributed by atoms with van der Waals surface area (Å²) >= 11 is 0. The molecule has 2 atom stereocenters. The maximum absolute atomic E-state index is 12.8. The highest BCUT2D eigenvalue weighted by Crippen LogP contribution is 2.44. The summed E-state index contributed by atoms with van der Waals surface area (Å²) in [5.41, 5.74) is 4.43. The molecule has 2 aliphatic rings. The second kappa shape index (κ2) is 8.84. The predicted molar refractivity (Wildman–Crippen MR) is 115 cm³/mol. The van der Waals surface area contributed by atoms with Gasteiger partial charge in [0, 0.05) is 18.3 Å². The summed E-state index contributed by atoms with van der Waals surface area (Å²) in [7, 11) is 1.18. The molecule has 2 aromatic rings. The van der Waals surface area contributed by atoms with Crippen molar-refractivity contribution < 1.29 is 29.0 Å². The van der Waals surface area contributed by atoms with Crippen LogP contribution in [-0.4, -0.2) is 65.3 Å². The normalized spacial score (nSPS) is 18.2. The molecule has 2 aromatic carbocycles. The Balaban J connectivity index is 1.49. The highest BCUT2D eigenvalue weighted by atomic mass is 16.6. The molecule has 2 amide bonds. The van der Waals surface area contributed by atoms with Crippen LogP contribution in [0.5, 0.6) is 0 Å². The number of rotatable bonds is 5. The maximum Gasteiger partial charge on any atom is 0.414 e. The summed E-state index contributed by atoms with van der Waals surface area (Å²) in [6.45, 7) is 1.07. The largest absolute Gasteiger partial charge is 0.467 e. The number of aliphatic hydroxyl groups is 1. The SMILES string of the molecule is COC(=O)[C@@H](CO)N1C=CN(C(=O)OCC2c3ccccc3-c3ccccc32)[C@@H](C)C1=O. The molecule has 8 heteroatoms. The van der Waals surface area contributed by atoms with E-state index in [1.165, 1.54) is 31.3 Å². The van der Waals surface area contributed by atoms with Gasteiger partial charge in [-0.1, -0.05) is 48.5 Å². The first-order valence-electron chi connectivity index (χ1n) is 10.3. The third-order valence-electron chi connectivity index (χ3n) is 5.95. The van der Waals surface area contributed by atoms with Crippen LogP contribution in [0.25, 0.3) is 11.1 Å². The molecular weight excluding hydrogens is 412 g/mol. The fraction of sp³-hybridized carbons (Fsp3) is 0.292. The Hall–Kier alpha value is -3.65. The van der Waals surface area contributed by atoms with Crippen LogP contribution in [0.15, 0.2) is 60.9 Å². The van der Waals surface area contributed by atoms with Crippen molar-refractivity contribution in [2.24, 2.45) is 0 Å². The van der Waals surface area contributed by atoms with E-state index in [1.54, 1.807) is 0 Å². The lowest BCUT2D eigenvalue weighted by molar-refractivity contribution is -0.154. The van der Waals surface area contributed by atoms with Crippen LogP contribution in [0, 0.1) is 0 Å². The van der Waals surface area contributed by atoms with Crippen LogP contribution >= 0.6 is 0 Å². The van der Waals surface area contributed by atoms with E-state index in [-0.39, 0.29) is 12.5 Å². The van der Waals surface area contributed by atoms with Crippen molar-refractivity contribution in [1.82, 2.24) is 9.80 Å². The van der Waals surface area contributed by atoms with E-state index in [0.717, 1.165) is 27.2 Å². The number of aliphatic hydroxyl groups excluding tert-OH is 1. The van der Waals surface area contributed by atoms with E-state index in [2.05, 4.69) is 16.9 Å². The molecule has 166 valence electrons. The minimum atomic E-state index is -1.17. The molecule has 8 nitrogen and oxygen atoms in total. The summed E-state index contributed by atoms with van der Waals surface area (Å²) in [5, 5.41) is 9.49. The molecule has 0 unspecified atom stereocenters. The van der Waals surface area contributed by atoms with E-state index >= 15 is 0 Å². The molecule has 0 fully saturated rings. The van der Waals surface area contributed by atoms with E-state index in [0.29, 0.717) is 0 Å². The number of carbonyl (C=O) groups is 3. The third-order valence-corrected chi connectivity index (χ3v) is 5.95. The first-order valence-corrected chi connectivity index (χ1v) is 10.3. The van der Waals surface area contributed by atoms with Crippen LogP contribution in [0.4, 0.5) is 4.79 Å². The van der Waals surface area contributed by atoms with Gasteiger partial charge in [-0.2, -0.15) is 0 Å². The number of ether oxygens (including phenoxy) is 2. The third kappa shape index (κ3) is 3.62. The van der Waals surface area contributed by atoms with Gasteiger partial charge in [0.25, 0.3) is 0 Å². The number of methoxy groups -OCH3 is 1. The highest BCUT2D eigenvalue weighted by molar-refractivity contribution is 5.91. The lowest BCUT2D eigenvalue weighted by Crippen LogP contribution is -2.55. The van der Waals surface area contributed by atoms with Gasteiger partial charge in [0.05, 0.1) is 13.7 Å². The van der Waals surface area contributed by atoms with E-state index < -0.39 is 36.7 Å². The summed E-state index contributed by atoms with van der Waals surface area (Å²) in [5.74, 6) is -1.36. The average Bonchev–Trinajstić information content (AvgIpc) is 3.14. The van der Waals surface area contributed by atoms with Crippen molar-refractivity contribution in [1.29, 1.82) is 0 Å². The minimum absolute atomic E-state index is 0.0966. The summed E-state index contributed by atoms with van der Waals surface area (Å²) in [4.78, 5) is 39.7. The Morgan fingerprint density at radius 1 is 1.03 bits per heavy atom. The summed E-state index contributed by atoms with van der Waals surface area (Å²) in [6, 6.07) is 14.0. The standard InChI is InChI=1S/C24H24N2O6/c1-15-22(28)26(21(13-27)23(29)31-2)12-11-25(15)24(30)32-14-20-18-9-5-3-7-16(18)17-8-4-6-10-19(17)20/h3-12,15,20-21,27H,13-14H2,1-2H3/t15-,21+/m0/s1. The molecule has 32 heavy (non-hydrogen) atoms. The minimum Gasteiger partial charge on any atom is -0.467 e. The van der Waals surface area contributed by atoms with Gasteiger partial charge in [-0.05, 0) is 29.2 Å². The van der Waals surface area contributed by atoms with E-state index in [1.807, 2.05) is 36.4 Å². The predicted octanol–water partition coefficient (Wildman–Crippen LogP) is 2.47. The summed E-state index contributed by atoms with van der Waals surface area (Å²) < 4.78 is 10.2. The van der Waals surface area contributed by atoms with Gasteiger partial charge in [-0.3, -0.25) is 14.6 Å². The zero-order valence-electron chi connectivity index (χ0n) is 17.8. The van der Waals surface area contributed by atoms with Crippen molar-refractivity contribution in [2.45, 2.75) is 24.9 Å². The van der Waals surface area contributed by atoms with E-state index in [4.69, 9.17) is 4.74 Å². The first kappa shape index (κ1) is 21.6. The molecule has 0 saturated carbocycles. The van der Waals surface area contributed by atoms with E-state index in [9.17, 15) is 19.5 Å². The second-order valence-corrected chi connectivity index (χ2v) is 7.65. The highest BCUT2D eigenvalue weighted by Gasteiger charge is 2.38. The Kier molecular flexibility index (Phi) is 5.96. The molecule has 1 aliphatic carbocycles. The number of nitrogens with zero attached hydrogens (tertiary/aromatic N) is 2. The van der Waals surface area contributed by atoms with Crippen molar-refractivity contribution >= 4 is 18.0 Å². The molecular formula is C24H24N2O6. The quantitative estimate of drug-likeness (QED) is 0.724. The summed E-state index contributed by atoms with van der Waals surface area (Å²) in [6.07, 6.45) is 1.99. The van der Waals surface area contributed by atoms with Crippen molar-refractivity contribution in [3.8, 4) is 11.1 Å². The van der Waals surface area contributed by atoms with Crippen molar-refractivity contribution in [2.75, 3.05) is 20.3 Å². The monoisotopic (exact) mass is 436 g/mol. The molecule has 0 bridgehead atoms. The zero-order valence-corrected chi connectivity index (χ0v) is 17.8. The number of hydrogen-bond acceptors (Lipinski definition) is 6. The Bertz CT molecular complexity index is 1040. The number of esters is 1. The van der Waals surface area contributed by atoms with Gasteiger partial charge < -0.3 is 14.6 Å². The Morgan fingerprint density at radius 2 is 1.62 bits per heavy atom. The Labute approximate surface area is 185 Å². The molecule has 0 spiro atoms. The number of benzene rings is 2. The molecule has 4 rings (SSSR count). The lowest BCUT2D eigenvalue weighted by Gasteiger charge is -2.35. The number of hydrogen-bond donors (Lipinski definition) is 1. The molecule has 0 saturated heterocycles. The molecule has 0 aromatic heterocycles. The van der Waals surface area contributed by atoms with Crippen LogP contribution in [0.2, 0.25) is 0 Å². The van der Waals surface area contributed by atoms with Crippen LogP contribution < -0.4 is 0 Å². The van der Waals surface area contributed by atoms with Gasteiger partial charge in [0.1, 0.15) is 12.6 Å². The smallest absolute Gasteiger partial charge is 0.414 e. The fourth-order valence-electron chi connectivity index (χ4n) is 4.24. The number of carbonyl (C=O) groups excluding carboxylic acids is 3. The van der Waals surface area contributed by atoms with Gasteiger partial charge in [-0.25, -0.2) is 9.59 Å².